The maximum atomic E-state index is 7.18. The highest BCUT2D eigenvalue weighted by molar-refractivity contribution is 6.24. The first-order valence-corrected chi connectivity index (χ1v) is 17.0. The van der Waals surface area contributed by atoms with E-state index >= 15 is 0 Å². The van der Waals surface area contributed by atoms with Crippen LogP contribution in [0.2, 0.25) is 0 Å². The molecule has 0 saturated heterocycles. The summed E-state index contributed by atoms with van der Waals surface area (Å²) >= 11 is 0. The Balaban J connectivity index is 1.28. The Morgan fingerprint density at radius 3 is 1.88 bits per heavy atom. The van der Waals surface area contributed by atoms with Crippen molar-refractivity contribution in [2.24, 2.45) is 0 Å². The summed E-state index contributed by atoms with van der Waals surface area (Å²) in [5.41, 5.74) is 15.6. The van der Waals surface area contributed by atoms with Crippen molar-refractivity contribution in [3.8, 4) is 22.3 Å². The van der Waals surface area contributed by atoms with Gasteiger partial charge in [-0.2, -0.15) is 0 Å². The predicted molar refractivity (Wildman–Crippen MR) is 201 cm³/mol. The molecule has 0 bridgehead atoms. The molecule has 1 heterocycles. The minimum Gasteiger partial charge on any atom is -0.453 e. The van der Waals surface area contributed by atoms with E-state index in [0.29, 0.717) is 0 Å². The van der Waals surface area contributed by atoms with Gasteiger partial charge >= 0.3 is 0 Å². The summed E-state index contributed by atoms with van der Waals surface area (Å²) in [7, 11) is 0. The number of hydrogen-bond acceptors (Lipinski definition) is 2. The van der Waals surface area contributed by atoms with Crippen molar-refractivity contribution < 1.29 is 4.42 Å². The van der Waals surface area contributed by atoms with Gasteiger partial charge in [-0.3, -0.25) is 0 Å². The fourth-order valence-corrected chi connectivity index (χ4v) is 9.00. The third-order valence-corrected chi connectivity index (χ3v) is 11.2. The summed E-state index contributed by atoms with van der Waals surface area (Å²) in [5, 5.41) is 4.78. The van der Waals surface area contributed by atoms with Gasteiger partial charge in [0.15, 0.2) is 5.58 Å². The van der Waals surface area contributed by atoms with Crippen LogP contribution in [0.1, 0.15) is 49.9 Å². The smallest absolute Gasteiger partial charge is 0.159 e. The Labute approximate surface area is 280 Å². The Morgan fingerprint density at radius 1 is 0.458 bits per heavy atom. The van der Waals surface area contributed by atoms with Gasteiger partial charge in [-0.05, 0) is 80.2 Å². The monoisotopic (exact) mass is 617 g/mol. The molecule has 8 aromatic rings. The molecule has 0 spiro atoms. The fraction of sp³-hybridized carbons (Fsp3) is 0.130. The van der Waals surface area contributed by atoms with Crippen molar-refractivity contribution in [1.29, 1.82) is 0 Å². The van der Waals surface area contributed by atoms with E-state index in [1.165, 1.54) is 55.3 Å². The van der Waals surface area contributed by atoms with Crippen LogP contribution in [0.3, 0.4) is 0 Å². The molecule has 0 N–H and O–H groups in total. The maximum Gasteiger partial charge on any atom is 0.159 e. The molecule has 2 nitrogen and oxygen atoms in total. The van der Waals surface area contributed by atoms with Crippen LogP contribution in [0.25, 0.3) is 55.0 Å². The molecule has 2 aliphatic rings. The molecule has 0 atom stereocenters. The van der Waals surface area contributed by atoms with Crippen LogP contribution in [0.5, 0.6) is 0 Å². The molecule has 0 unspecified atom stereocenters. The molecular formula is C46H35NO. The molecule has 2 heteroatoms. The largest absolute Gasteiger partial charge is 0.453 e. The van der Waals surface area contributed by atoms with Crippen LogP contribution in [0, 0.1) is 0 Å². The van der Waals surface area contributed by atoms with Crippen molar-refractivity contribution >= 4 is 49.8 Å². The second-order valence-electron chi connectivity index (χ2n) is 14.5. The van der Waals surface area contributed by atoms with Crippen LogP contribution >= 0.6 is 0 Å². The second-order valence-corrected chi connectivity index (χ2v) is 14.5. The van der Waals surface area contributed by atoms with Crippen molar-refractivity contribution in [3.05, 3.63) is 162 Å². The lowest BCUT2D eigenvalue weighted by molar-refractivity contribution is 0.659. The molecule has 0 saturated carbocycles. The summed E-state index contributed by atoms with van der Waals surface area (Å²) in [6, 6.07) is 50.9. The molecule has 0 amide bonds. The van der Waals surface area contributed by atoms with E-state index in [-0.39, 0.29) is 10.8 Å². The fourth-order valence-electron chi connectivity index (χ4n) is 9.00. The van der Waals surface area contributed by atoms with Crippen LogP contribution in [-0.2, 0) is 10.8 Å². The third-order valence-electron chi connectivity index (χ3n) is 11.2. The van der Waals surface area contributed by atoms with E-state index in [1.54, 1.807) is 0 Å². The molecule has 7 aromatic carbocycles. The summed E-state index contributed by atoms with van der Waals surface area (Å²) in [6.45, 7) is 9.43. The molecule has 230 valence electrons. The zero-order valence-electron chi connectivity index (χ0n) is 27.6. The van der Waals surface area contributed by atoms with E-state index in [1.807, 2.05) is 0 Å². The summed E-state index contributed by atoms with van der Waals surface area (Å²) in [5.74, 6) is 0. The van der Waals surface area contributed by atoms with Crippen molar-refractivity contribution in [2.75, 3.05) is 4.90 Å². The third kappa shape index (κ3) is 3.47. The number of furan rings is 1. The van der Waals surface area contributed by atoms with Crippen LogP contribution in [0.4, 0.5) is 17.1 Å². The SMILES string of the molecule is CC1(C)c2ccccc2-c2ccc(N(c3ccccc3)c3cccc4c3oc3c5ccccc5c5c(c43)C(C)(C)c3ccccc3-5)cc21. The van der Waals surface area contributed by atoms with Crippen molar-refractivity contribution in [1.82, 2.24) is 0 Å². The number of fused-ring (bicyclic) bond motifs is 13. The molecule has 10 rings (SSSR count). The van der Waals surface area contributed by atoms with Gasteiger partial charge in [0.2, 0.25) is 0 Å². The average Bonchev–Trinajstić information content (AvgIpc) is 3.70. The van der Waals surface area contributed by atoms with Gasteiger partial charge in [0, 0.05) is 38.4 Å². The molecule has 0 radical (unpaired) electrons. The van der Waals surface area contributed by atoms with E-state index < -0.39 is 0 Å². The highest BCUT2D eigenvalue weighted by atomic mass is 16.3. The minimum absolute atomic E-state index is 0.101. The number of benzene rings is 7. The van der Waals surface area contributed by atoms with Crippen LogP contribution in [-0.4, -0.2) is 0 Å². The Hall–Kier alpha value is -5.60. The molecule has 0 fully saturated rings. The summed E-state index contributed by atoms with van der Waals surface area (Å²) in [6.07, 6.45) is 0. The van der Waals surface area contributed by atoms with Gasteiger partial charge in [0.25, 0.3) is 0 Å². The Kier molecular flexibility index (Phi) is 5.44. The standard InChI is InChI=1S/C46H35NO/c1-45(2)36-22-12-10-17-30(36)31-26-25-29(27-38(31)45)47(28-15-6-5-7-16-28)39-24-14-21-35-41-42-40(34-20-11-13-23-37(34)46(42,3)4)32-18-8-9-19-33(32)44(41)48-43(35)39/h5-27H,1-4H3. The van der Waals surface area contributed by atoms with Gasteiger partial charge in [0.05, 0.1) is 5.69 Å². The quantitative estimate of drug-likeness (QED) is 0.196. The molecular weight excluding hydrogens is 583 g/mol. The topological polar surface area (TPSA) is 16.4 Å². The molecule has 48 heavy (non-hydrogen) atoms. The molecule has 2 aliphatic carbocycles. The highest BCUT2D eigenvalue weighted by Crippen LogP contribution is 2.57. The lowest BCUT2D eigenvalue weighted by Crippen LogP contribution is -2.16. The first-order chi connectivity index (χ1) is 23.4. The highest BCUT2D eigenvalue weighted by Gasteiger charge is 2.40. The number of anilines is 3. The number of hydrogen-bond donors (Lipinski definition) is 0. The Morgan fingerprint density at radius 2 is 1.08 bits per heavy atom. The van der Waals surface area contributed by atoms with Crippen LogP contribution in [0.15, 0.2) is 144 Å². The lowest BCUT2D eigenvalue weighted by atomic mass is 9.79. The maximum absolute atomic E-state index is 7.18. The average molecular weight is 618 g/mol. The van der Waals surface area contributed by atoms with Gasteiger partial charge in [0.1, 0.15) is 5.58 Å². The number of para-hydroxylation sites is 2. The van der Waals surface area contributed by atoms with Crippen LogP contribution < -0.4 is 4.90 Å². The lowest BCUT2D eigenvalue weighted by Gasteiger charge is -2.28. The first-order valence-electron chi connectivity index (χ1n) is 17.0. The van der Waals surface area contributed by atoms with E-state index in [0.717, 1.165) is 39.0 Å². The predicted octanol–water partition coefficient (Wildman–Crippen LogP) is 12.8. The number of rotatable bonds is 3. The van der Waals surface area contributed by atoms with Crippen molar-refractivity contribution in [2.45, 2.75) is 38.5 Å². The zero-order chi connectivity index (χ0) is 32.4. The van der Waals surface area contributed by atoms with Crippen molar-refractivity contribution in [3.63, 3.8) is 0 Å². The Bertz CT molecular complexity index is 2620. The van der Waals surface area contributed by atoms with E-state index in [9.17, 15) is 0 Å². The first kappa shape index (κ1) is 27.5. The normalized spacial score (nSPS) is 15.0. The minimum atomic E-state index is -0.180. The molecule has 0 aliphatic heterocycles. The summed E-state index contributed by atoms with van der Waals surface area (Å²) in [4.78, 5) is 2.38. The second kappa shape index (κ2) is 9.49. The van der Waals surface area contributed by atoms with Gasteiger partial charge < -0.3 is 9.32 Å². The van der Waals surface area contributed by atoms with E-state index in [4.69, 9.17) is 4.42 Å². The van der Waals surface area contributed by atoms with Gasteiger partial charge in [-0.1, -0.05) is 137 Å². The summed E-state index contributed by atoms with van der Waals surface area (Å²) < 4.78 is 7.18. The zero-order valence-corrected chi connectivity index (χ0v) is 27.6. The van der Waals surface area contributed by atoms with E-state index in [2.05, 4.69) is 172 Å². The van der Waals surface area contributed by atoms with Gasteiger partial charge in [-0.25, -0.2) is 0 Å². The number of nitrogens with zero attached hydrogens (tertiary/aromatic N) is 1. The van der Waals surface area contributed by atoms with Gasteiger partial charge in [-0.15, -0.1) is 0 Å². The molecule has 1 aromatic heterocycles.